The van der Waals surface area contributed by atoms with Gasteiger partial charge in [0.05, 0.1) is 17.8 Å². The maximum Gasteiger partial charge on any atom is 0.293 e. The normalized spacial score (nSPS) is 14.6. The SMILES string of the molecule is COCCOc1ccc([N+](=O)[O-])c(N(C2CC2)S(C)(=O)=O)c1. The molecule has 1 aliphatic rings. The molecule has 0 aliphatic heterocycles. The first-order valence-electron chi connectivity index (χ1n) is 6.74. The Bertz CT molecular complexity index is 656. The van der Waals surface area contributed by atoms with Crippen LogP contribution in [-0.4, -0.2) is 46.0 Å². The van der Waals surface area contributed by atoms with E-state index in [0.717, 1.165) is 10.6 Å². The number of anilines is 1. The van der Waals surface area contributed by atoms with Crippen LogP contribution < -0.4 is 9.04 Å². The first-order valence-corrected chi connectivity index (χ1v) is 8.59. The molecule has 0 radical (unpaired) electrons. The molecular formula is C13H18N2O6S. The number of hydrogen-bond acceptors (Lipinski definition) is 6. The fourth-order valence-electron chi connectivity index (χ4n) is 2.12. The fraction of sp³-hybridized carbons (Fsp3) is 0.538. The van der Waals surface area contributed by atoms with E-state index in [-0.39, 0.29) is 24.0 Å². The van der Waals surface area contributed by atoms with Crippen LogP contribution in [0.5, 0.6) is 5.75 Å². The van der Waals surface area contributed by atoms with Gasteiger partial charge in [-0.25, -0.2) is 8.42 Å². The molecule has 1 fully saturated rings. The molecule has 8 nitrogen and oxygen atoms in total. The highest BCUT2D eigenvalue weighted by Gasteiger charge is 2.38. The van der Waals surface area contributed by atoms with Crippen molar-refractivity contribution >= 4 is 21.4 Å². The lowest BCUT2D eigenvalue weighted by Gasteiger charge is -2.22. The summed E-state index contributed by atoms with van der Waals surface area (Å²) in [5.74, 6) is 0.368. The van der Waals surface area contributed by atoms with Gasteiger partial charge < -0.3 is 9.47 Å². The summed E-state index contributed by atoms with van der Waals surface area (Å²) in [6.45, 7) is 0.640. The fourth-order valence-corrected chi connectivity index (χ4v) is 3.38. The average molecular weight is 330 g/mol. The van der Waals surface area contributed by atoms with Gasteiger partial charge in [0.2, 0.25) is 10.0 Å². The van der Waals surface area contributed by atoms with Crippen molar-refractivity contribution in [3.63, 3.8) is 0 Å². The van der Waals surface area contributed by atoms with E-state index >= 15 is 0 Å². The van der Waals surface area contributed by atoms with Gasteiger partial charge in [0, 0.05) is 25.3 Å². The minimum absolute atomic E-state index is 0.0462. The van der Waals surface area contributed by atoms with Crippen molar-refractivity contribution in [1.29, 1.82) is 0 Å². The molecule has 0 unspecified atom stereocenters. The van der Waals surface area contributed by atoms with Gasteiger partial charge in [-0.05, 0) is 18.9 Å². The maximum absolute atomic E-state index is 12.0. The maximum atomic E-state index is 12.0. The summed E-state index contributed by atoms with van der Waals surface area (Å²) < 4.78 is 35.4. The highest BCUT2D eigenvalue weighted by atomic mass is 32.2. The molecule has 0 heterocycles. The molecule has 0 aromatic heterocycles. The van der Waals surface area contributed by atoms with Gasteiger partial charge in [-0.15, -0.1) is 0 Å². The first kappa shape index (κ1) is 16.5. The number of methoxy groups -OCH3 is 1. The van der Waals surface area contributed by atoms with Crippen molar-refractivity contribution in [3.05, 3.63) is 28.3 Å². The third-order valence-electron chi connectivity index (χ3n) is 3.17. The molecule has 2 rings (SSSR count). The molecule has 122 valence electrons. The van der Waals surface area contributed by atoms with E-state index < -0.39 is 14.9 Å². The van der Waals surface area contributed by atoms with E-state index in [1.165, 1.54) is 25.3 Å². The van der Waals surface area contributed by atoms with Crippen LogP contribution in [0, 0.1) is 10.1 Å². The summed E-state index contributed by atoms with van der Waals surface area (Å²) >= 11 is 0. The lowest BCUT2D eigenvalue weighted by Crippen LogP contribution is -2.32. The van der Waals surface area contributed by atoms with Crippen LogP contribution in [0.2, 0.25) is 0 Å². The van der Waals surface area contributed by atoms with Gasteiger partial charge in [-0.2, -0.15) is 0 Å². The molecule has 1 aliphatic carbocycles. The van der Waals surface area contributed by atoms with Gasteiger partial charge in [-0.3, -0.25) is 14.4 Å². The highest BCUT2D eigenvalue weighted by Crippen LogP contribution is 2.40. The number of nitro groups is 1. The third-order valence-corrected chi connectivity index (χ3v) is 4.38. The summed E-state index contributed by atoms with van der Waals surface area (Å²) in [4.78, 5) is 10.6. The minimum Gasteiger partial charge on any atom is -0.491 e. The Labute approximate surface area is 128 Å². The molecule has 0 spiro atoms. The van der Waals surface area contributed by atoms with Crippen LogP contribution in [0.4, 0.5) is 11.4 Å². The molecule has 9 heteroatoms. The van der Waals surface area contributed by atoms with E-state index in [2.05, 4.69) is 0 Å². The molecule has 1 aromatic carbocycles. The standard InChI is InChI=1S/C13H18N2O6S/c1-20-7-8-21-11-5-6-12(15(16)17)13(9-11)14(10-3-4-10)22(2,18)19/h5-6,9-10H,3-4,7-8H2,1-2H3. The summed E-state index contributed by atoms with van der Waals surface area (Å²) in [6, 6.07) is 3.89. The Balaban J connectivity index is 2.40. The molecular weight excluding hydrogens is 312 g/mol. The number of ether oxygens (including phenoxy) is 2. The Morgan fingerprint density at radius 2 is 2.05 bits per heavy atom. The molecule has 0 atom stereocenters. The quantitative estimate of drug-likeness (QED) is 0.407. The zero-order valence-corrected chi connectivity index (χ0v) is 13.2. The Hall–Kier alpha value is -1.87. The number of nitrogens with zero attached hydrogens (tertiary/aromatic N) is 2. The molecule has 1 saturated carbocycles. The van der Waals surface area contributed by atoms with Crippen molar-refractivity contribution in [2.75, 3.05) is 30.9 Å². The van der Waals surface area contributed by atoms with Gasteiger partial charge in [0.15, 0.2) is 0 Å². The van der Waals surface area contributed by atoms with Crippen LogP contribution in [0.15, 0.2) is 18.2 Å². The topological polar surface area (TPSA) is 99.0 Å². The number of rotatable bonds is 8. The lowest BCUT2D eigenvalue weighted by atomic mass is 10.2. The average Bonchev–Trinajstić information content (AvgIpc) is 3.22. The van der Waals surface area contributed by atoms with Crippen LogP contribution in [0.25, 0.3) is 0 Å². The third kappa shape index (κ3) is 3.86. The van der Waals surface area contributed by atoms with Crippen LogP contribution in [-0.2, 0) is 14.8 Å². The van der Waals surface area contributed by atoms with Crippen LogP contribution >= 0.6 is 0 Å². The minimum atomic E-state index is -3.60. The molecule has 0 bridgehead atoms. The molecule has 0 saturated heterocycles. The van der Waals surface area contributed by atoms with Gasteiger partial charge in [0.25, 0.3) is 5.69 Å². The van der Waals surface area contributed by atoms with Crippen molar-refractivity contribution in [2.45, 2.75) is 18.9 Å². The zero-order valence-electron chi connectivity index (χ0n) is 12.4. The summed E-state index contributed by atoms with van der Waals surface area (Å²) in [7, 11) is -2.07. The van der Waals surface area contributed by atoms with E-state index in [4.69, 9.17) is 9.47 Å². The second-order valence-corrected chi connectivity index (χ2v) is 6.90. The monoisotopic (exact) mass is 330 g/mol. The van der Waals surface area contributed by atoms with E-state index in [9.17, 15) is 18.5 Å². The van der Waals surface area contributed by atoms with Gasteiger partial charge >= 0.3 is 0 Å². The summed E-state index contributed by atoms with van der Waals surface area (Å²) in [5.41, 5.74) is -0.207. The second kappa shape index (κ2) is 6.49. The second-order valence-electron chi connectivity index (χ2n) is 5.04. The highest BCUT2D eigenvalue weighted by molar-refractivity contribution is 7.92. The molecule has 0 amide bonds. The largest absolute Gasteiger partial charge is 0.491 e. The van der Waals surface area contributed by atoms with E-state index in [1.54, 1.807) is 0 Å². The lowest BCUT2D eigenvalue weighted by molar-refractivity contribution is -0.384. The number of sulfonamides is 1. The molecule has 0 N–H and O–H groups in total. The Morgan fingerprint density at radius 1 is 1.36 bits per heavy atom. The summed E-state index contributed by atoms with van der Waals surface area (Å²) in [6.07, 6.45) is 2.44. The van der Waals surface area contributed by atoms with E-state index in [1.807, 2.05) is 0 Å². The van der Waals surface area contributed by atoms with Crippen LogP contribution in [0.1, 0.15) is 12.8 Å². The predicted molar refractivity (Wildman–Crippen MR) is 80.8 cm³/mol. The van der Waals surface area contributed by atoms with Crippen molar-refractivity contribution < 1.29 is 22.8 Å². The van der Waals surface area contributed by atoms with E-state index in [0.29, 0.717) is 25.2 Å². The number of benzene rings is 1. The van der Waals surface area contributed by atoms with Crippen molar-refractivity contribution in [2.24, 2.45) is 0 Å². The zero-order chi connectivity index (χ0) is 16.3. The number of nitro benzene ring substituents is 1. The first-order chi connectivity index (χ1) is 10.3. The molecule has 22 heavy (non-hydrogen) atoms. The van der Waals surface area contributed by atoms with Crippen molar-refractivity contribution in [1.82, 2.24) is 0 Å². The van der Waals surface area contributed by atoms with Gasteiger partial charge in [-0.1, -0.05) is 0 Å². The Kier molecular flexibility index (Phi) is 4.87. The Morgan fingerprint density at radius 3 is 2.55 bits per heavy atom. The number of hydrogen-bond donors (Lipinski definition) is 0. The van der Waals surface area contributed by atoms with Crippen molar-refractivity contribution in [3.8, 4) is 5.75 Å². The van der Waals surface area contributed by atoms with Gasteiger partial charge in [0.1, 0.15) is 18.0 Å². The van der Waals surface area contributed by atoms with Crippen LogP contribution in [0.3, 0.4) is 0 Å². The smallest absolute Gasteiger partial charge is 0.293 e. The summed E-state index contributed by atoms with van der Waals surface area (Å²) in [5, 5.41) is 11.2. The molecule has 1 aromatic rings. The predicted octanol–water partition coefficient (Wildman–Crippen LogP) is 1.55.